The average molecular weight is 299 g/mol. The first-order valence-electron chi connectivity index (χ1n) is 6.11. The Balaban J connectivity index is 1.87. The Bertz CT molecular complexity index is 376. The summed E-state index contributed by atoms with van der Waals surface area (Å²) in [5, 5.41) is 13.2. The Morgan fingerprint density at radius 3 is 2.71 bits per heavy atom. The maximum absolute atomic E-state index is 9.73. The number of phenolic OH excluding ortho intramolecular Hbond substituents is 1. The van der Waals surface area contributed by atoms with Crippen LogP contribution in [0.2, 0.25) is 0 Å². The molecule has 0 radical (unpaired) electrons. The molecule has 1 aliphatic rings. The van der Waals surface area contributed by atoms with E-state index < -0.39 is 0 Å². The zero-order chi connectivity index (χ0) is 12.3. The van der Waals surface area contributed by atoms with E-state index in [4.69, 9.17) is 5.73 Å². The highest BCUT2D eigenvalue weighted by Crippen LogP contribution is 2.23. The van der Waals surface area contributed by atoms with Crippen molar-refractivity contribution in [3.63, 3.8) is 0 Å². The lowest BCUT2D eigenvalue weighted by molar-refractivity contribution is 0.340. The molecule has 0 aliphatic heterocycles. The number of phenols is 1. The minimum absolute atomic E-state index is 0.355. The van der Waals surface area contributed by atoms with Gasteiger partial charge in [0.25, 0.3) is 0 Å². The van der Waals surface area contributed by atoms with Gasteiger partial charge in [-0.3, -0.25) is 0 Å². The highest BCUT2D eigenvalue weighted by molar-refractivity contribution is 9.10. The molecule has 1 aliphatic carbocycles. The molecule has 1 fully saturated rings. The van der Waals surface area contributed by atoms with Crippen molar-refractivity contribution in [1.82, 2.24) is 5.32 Å². The van der Waals surface area contributed by atoms with Crippen LogP contribution in [0.25, 0.3) is 0 Å². The second-order valence-corrected chi connectivity index (χ2v) is 5.68. The topological polar surface area (TPSA) is 58.3 Å². The van der Waals surface area contributed by atoms with Gasteiger partial charge in [-0.05, 0) is 43.9 Å². The molecule has 2 rings (SSSR count). The predicted molar refractivity (Wildman–Crippen MR) is 72.9 cm³/mol. The Morgan fingerprint density at radius 1 is 1.29 bits per heavy atom. The summed E-state index contributed by atoms with van der Waals surface area (Å²) in [7, 11) is 0. The lowest BCUT2D eigenvalue weighted by Crippen LogP contribution is -2.37. The summed E-state index contributed by atoms with van der Waals surface area (Å²) >= 11 is 3.41. The molecule has 1 aromatic carbocycles. The number of hydrogen-bond donors (Lipinski definition) is 3. The van der Waals surface area contributed by atoms with Crippen LogP contribution in [-0.2, 0) is 6.54 Å². The summed E-state index contributed by atoms with van der Waals surface area (Å²) in [6, 6.07) is 6.44. The molecule has 1 saturated carbocycles. The molecule has 0 aromatic heterocycles. The van der Waals surface area contributed by atoms with E-state index in [9.17, 15) is 5.11 Å². The number of nitrogens with two attached hydrogens (primary N) is 1. The minimum Gasteiger partial charge on any atom is -0.508 e. The van der Waals surface area contributed by atoms with E-state index in [0.29, 0.717) is 24.4 Å². The zero-order valence-electron chi connectivity index (χ0n) is 9.82. The summed E-state index contributed by atoms with van der Waals surface area (Å²) in [6.07, 6.45) is 4.47. The van der Waals surface area contributed by atoms with Crippen molar-refractivity contribution in [2.75, 3.05) is 0 Å². The van der Waals surface area contributed by atoms with E-state index in [2.05, 4.69) is 21.2 Å². The Morgan fingerprint density at radius 2 is 2.00 bits per heavy atom. The Hall–Kier alpha value is -0.580. The first-order chi connectivity index (χ1) is 8.15. The van der Waals surface area contributed by atoms with Gasteiger partial charge in [-0.2, -0.15) is 0 Å². The van der Waals surface area contributed by atoms with Gasteiger partial charge >= 0.3 is 0 Å². The summed E-state index contributed by atoms with van der Waals surface area (Å²) in [4.78, 5) is 0. The van der Waals surface area contributed by atoms with Gasteiger partial charge in [-0.1, -0.05) is 15.9 Å². The van der Waals surface area contributed by atoms with Crippen LogP contribution in [-0.4, -0.2) is 17.2 Å². The molecule has 0 spiro atoms. The van der Waals surface area contributed by atoms with Crippen LogP contribution in [0, 0.1) is 0 Å². The molecule has 4 heteroatoms. The number of halogens is 1. The molecule has 0 bridgehead atoms. The van der Waals surface area contributed by atoms with Crippen molar-refractivity contribution in [3.8, 4) is 5.75 Å². The largest absolute Gasteiger partial charge is 0.508 e. The van der Waals surface area contributed by atoms with Crippen LogP contribution >= 0.6 is 15.9 Å². The molecule has 4 N–H and O–H groups in total. The fourth-order valence-electron chi connectivity index (χ4n) is 2.27. The van der Waals surface area contributed by atoms with Gasteiger partial charge in [0.2, 0.25) is 0 Å². The van der Waals surface area contributed by atoms with Crippen molar-refractivity contribution in [2.24, 2.45) is 5.73 Å². The van der Waals surface area contributed by atoms with Crippen LogP contribution in [0.3, 0.4) is 0 Å². The van der Waals surface area contributed by atoms with Crippen LogP contribution in [0.4, 0.5) is 0 Å². The third-order valence-electron chi connectivity index (χ3n) is 3.39. The molecule has 0 saturated heterocycles. The fourth-order valence-corrected chi connectivity index (χ4v) is 2.68. The lowest BCUT2D eigenvalue weighted by atomic mass is 9.92. The maximum atomic E-state index is 9.73. The van der Waals surface area contributed by atoms with E-state index in [-0.39, 0.29) is 0 Å². The highest BCUT2D eigenvalue weighted by Gasteiger charge is 2.18. The van der Waals surface area contributed by atoms with Gasteiger partial charge in [0.1, 0.15) is 5.75 Å². The van der Waals surface area contributed by atoms with Gasteiger partial charge in [0, 0.05) is 28.7 Å². The molecule has 3 nitrogen and oxygen atoms in total. The smallest absolute Gasteiger partial charge is 0.120 e. The Labute approximate surface area is 111 Å². The van der Waals surface area contributed by atoms with Crippen LogP contribution in [0.15, 0.2) is 22.7 Å². The van der Waals surface area contributed by atoms with Gasteiger partial charge < -0.3 is 16.2 Å². The summed E-state index contributed by atoms with van der Waals surface area (Å²) in [6.45, 7) is 0.713. The fraction of sp³-hybridized carbons (Fsp3) is 0.538. The molecule has 94 valence electrons. The lowest BCUT2D eigenvalue weighted by Gasteiger charge is -2.27. The normalized spacial score (nSPS) is 24.8. The predicted octanol–water partition coefficient (Wildman–Crippen LogP) is 2.51. The second kappa shape index (κ2) is 5.85. The summed E-state index contributed by atoms with van der Waals surface area (Å²) in [5.74, 6) is 0.355. The van der Waals surface area contributed by atoms with Crippen LogP contribution in [0.1, 0.15) is 31.2 Å². The third-order valence-corrected chi connectivity index (χ3v) is 3.89. The second-order valence-electron chi connectivity index (χ2n) is 4.77. The van der Waals surface area contributed by atoms with Gasteiger partial charge in [-0.15, -0.1) is 0 Å². The van der Waals surface area contributed by atoms with E-state index >= 15 is 0 Å². The standard InChI is InChI=1S/C13H19BrN2O/c14-10-1-6-13(17)9(7-10)8-16-12-4-2-11(15)3-5-12/h1,6-7,11-12,16-17H,2-5,8,15H2. The summed E-state index contributed by atoms with van der Waals surface area (Å²) in [5.41, 5.74) is 6.81. The van der Waals surface area contributed by atoms with Gasteiger partial charge in [0.15, 0.2) is 0 Å². The SMILES string of the molecule is NC1CCC(NCc2cc(Br)ccc2O)CC1. The molecule has 0 atom stereocenters. The number of aromatic hydroxyl groups is 1. The average Bonchev–Trinajstić information content (AvgIpc) is 2.32. The van der Waals surface area contributed by atoms with Crippen molar-refractivity contribution in [1.29, 1.82) is 0 Å². The number of hydrogen-bond acceptors (Lipinski definition) is 3. The van der Waals surface area contributed by atoms with Crippen LogP contribution in [0.5, 0.6) is 5.75 Å². The zero-order valence-corrected chi connectivity index (χ0v) is 11.4. The third kappa shape index (κ3) is 3.69. The first kappa shape index (κ1) is 12.9. The van der Waals surface area contributed by atoms with E-state index in [1.165, 1.54) is 0 Å². The van der Waals surface area contributed by atoms with Crippen LogP contribution < -0.4 is 11.1 Å². The van der Waals surface area contributed by atoms with Crippen molar-refractivity contribution in [3.05, 3.63) is 28.2 Å². The van der Waals surface area contributed by atoms with E-state index in [1.54, 1.807) is 6.07 Å². The highest BCUT2D eigenvalue weighted by atomic mass is 79.9. The molecule has 1 aromatic rings. The molecule has 0 amide bonds. The van der Waals surface area contributed by atoms with E-state index in [1.807, 2.05) is 12.1 Å². The van der Waals surface area contributed by atoms with Gasteiger partial charge in [0.05, 0.1) is 0 Å². The van der Waals surface area contributed by atoms with Crippen molar-refractivity contribution >= 4 is 15.9 Å². The van der Waals surface area contributed by atoms with Crippen molar-refractivity contribution in [2.45, 2.75) is 44.3 Å². The minimum atomic E-state index is 0.355. The number of rotatable bonds is 3. The summed E-state index contributed by atoms with van der Waals surface area (Å²) < 4.78 is 0.998. The Kier molecular flexibility index (Phi) is 4.42. The molecular weight excluding hydrogens is 280 g/mol. The van der Waals surface area contributed by atoms with Gasteiger partial charge in [-0.25, -0.2) is 0 Å². The monoisotopic (exact) mass is 298 g/mol. The first-order valence-corrected chi connectivity index (χ1v) is 6.91. The van der Waals surface area contributed by atoms with E-state index in [0.717, 1.165) is 35.7 Å². The molecule has 0 heterocycles. The quantitative estimate of drug-likeness (QED) is 0.804. The molecule has 0 unspecified atom stereocenters. The number of benzene rings is 1. The number of nitrogens with one attached hydrogen (secondary N) is 1. The maximum Gasteiger partial charge on any atom is 0.120 e. The van der Waals surface area contributed by atoms with Crippen molar-refractivity contribution < 1.29 is 5.11 Å². The molecular formula is C13H19BrN2O. The molecule has 17 heavy (non-hydrogen) atoms.